The maximum atomic E-state index is 14.7. The molecule has 6 amide bonds. The second-order valence-electron chi connectivity index (χ2n) is 17.4. The third kappa shape index (κ3) is 9.55. The molecule has 0 bridgehead atoms. The van der Waals surface area contributed by atoms with E-state index in [2.05, 4.69) is 16.0 Å². The SMILES string of the molecule is CC(C)(C)OC(=O)N[C@H]1CCCCC/C=C\[C@H]2C[C@@]2(C(=O)N2CCC[C@@H]2C(=O)NCc2ccccc2)NC(=O)[C@@H]2C[C@@H](OC(=O)N3Cc4cccc(F)c4C3)CN2C1=O. The van der Waals surface area contributed by atoms with Gasteiger partial charge in [-0.15, -0.1) is 0 Å². The Balaban J connectivity index is 1.12. The van der Waals surface area contributed by atoms with Crippen LogP contribution in [0.5, 0.6) is 0 Å². The zero-order valence-electron chi connectivity index (χ0n) is 34.0. The van der Waals surface area contributed by atoms with Gasteiger partial charge in [0.05, 0.1) is 13.1 Å². The number of halogens is 1. The highest BCUT2D eigenvalue weighted by atomic mass is 19.1. The van der Waals surface area contributed by atoms with Gasteiger partial charge in [-0.05, 0) is 76.5 Å². The summed E-state index contributed by atoms with van der Waals surface area (Å²) in [4.78, 5) is 88.2. The number of ether oxygens (including phenoxy) is 2. The summed E-state index contributed by atoms with van der Waals surface area (Å²) in [6.45, 7) is 5.83. The second kappa shape index (κ2) is 17.4. The Kier molecular flexibility index (Phi) is 12.3. The van der Waals surface area contributed by atoms with E-state index < -0.39 is 65.2 Å². The molecule has 5 aliphatic rings. The molecule has 59 heavy (non-hydrogen) atoms. The Morgan fingerprint density at radius 3 is 2.53 bits per heavy atom. The summed E-state index contributed by atoms with van der Waals surface area (Å²) in [5, 5.41) is 8.74. The maximum Gasteiger partial charge on any atom is 0.410 e. The Morgan fingerprint density at radius 2 is 1.76 bits per heavy atom. The van der Waals surface area contributed by atoms with Crippen molar-refractivity contribution in [2.45, 2.75) is 134 Å². The summed E-state index contributed by atoms with van der Waals surface area (Å²) in [7, 11) is 0. The first-order valence-electron chi connectivity index (χ1n) is 20.9. The molecular weight excluding hydrogens is 760 g/mol. The van der Waals surface area contributed by atoms with Crippen molar-refractivity contribution in [1.82, 2.24) is 30.7 Å². The molecule has 3 fully saturated rings. The van der Waals surface area contributed by atoms with Crippen LogP contribution in [0.15, 0.2) is 60.7 Å². The molecule has 1 saturated carbocycles. The average Bonchev–Trinajstić information content (AvgIpc) is 3.61. The molecule has 1 aliphatic carbocycles. The number of likely N-dealkylation sites (tertiary alicyclic amines) is 1. The van der Waals surface area contributed by atoms with Crippen LogP contribution in [-0.4, -0.2) is 99.0 Å². The molecule has 4 aliphatic heterocycles. The first-order valence-corrected chi connectivity index (χ1v) is 20.9. The van der Waals surface area contributed by atoms with Gasteiger partial charge in [0.1, 0.15) is 41.2 Å². The number of alkyl carbamates (subject to hydrolysis) is 1. The minimum Gasteiger partial charge on any atom is -0.444 e. The Labute approximate surface area is 344 Å². The van der Waals surface area contributed by atoms with Crippen molar-refractivity contribution in [3.63, 3.8) is 0 Å². The van der Waals surface area contributed by atoms with E-state index >= 15 is 0 Å². The van der Waals surface area contributed by atoms with Gasteiger partial charge in [0, 0.05) is 37.5 Å². The molecule has 7 rings (SSSR count). The van der Waals surface area contributed by atoms with Crippen molar-refractivity contribution in [3.05, 3.63) is 83.2 Å². The molecule has 0 aromatic heterocycles. The minimum atomic E-state index is -1.35. The van der Waals surface area contributed by atoms with Crippen LogP contribution in [0.3, 0.4) is 0 Å². The fraction of sp³-hybridized carbons (Fsp3) is 0.545. The smallest absolute Gasteiger partial charge is 0.410 e. The summed E-state index contributed by atoms with van der Waals surface area (Å²) < 4.78 is 26.0. The second-order valence-corrected chi connectivity index (χ2v) is 17.4. The highest BCUT2D eigenvalue weighted by molar-refractivity contribution is 6.00. The van der Waals surface area contributed by atoms with Gasteiger partial charge in [-0.25, -0.2) is 14.0 Å². The van der Waals surface area contributed by atoms with Crippen LogP contribution in [0.25, 0.3) is 0 Å². The molecule has 15 heteroatoms. The van der Waals surface area contributed by atoms with Crippen LogP contribution in [-0.2, 0) is 48.3 Å². The van der Waals surface area contributed by atoms with Crippen molar-refractivity contribution in [3.8, 4) is 0 Å². The zero-order valence-corrected chi connectivity index (χ0v) is 34.0. The van der Waals surface area contributed by atoms with E-state index in [1.807, 2.05) is 42.5 Å². The third-order valence-electron chi connectivity index (χ3n) is 11.9. The number of hydrogen-bond donors (Lipinski definition) is 3. The predicted molar refractivity (Wildman–Crippen MR) is 213 cm³/mol. The van der Waals surface area contributed by atoms with Gasteiger partial charge in [-0.2, -0.15) is 0 Å². The minimum absolute atomic E-state index is 0.0172. The highest BCUT2D eigenvalue weighted by Gasteiger charge is 2.63. The summed E-state index contributed by atoms with van der Waals surface area (Å²) in [6, 6.07) is 11.2. The van der Waals surface area contributed by atoms with E-state index in [4.69, 9.17) is 9.47 Å². The van der Waals surface area contributed by atoms with Gasteiger partial charge in [-0.1, -0.05) is 67.5 Å². The number of fused-ring (bicyclic) bond motifs is 3. The lowest BCUT2D eigenvalue weighted by Gasteiger charge is -2.32. The van der Waals surface area contributed by atoms with Gasteiger partial charge in [0.2, 0.25) is 23.6 Å². The maximum absolute atomic E-state index is 14.7. The van der Waals surface area contributed by atoms with Crippen LogP contribution in [0.2, 0.25) is 0 Å². The topological polar surface area (TPSA) is 167 Å². The molecule has 2 aromatic rings. The average molecular weight is 815 g/mol. The number of rotatable bonds is 6. The normalized spacial score (nSPS) is 27.6. The lowest BCUT2D eigenvalue weighted by molar-refractivity contribution is -0.145. The summed E-state index contributed by atoms with van der Waals surface area (Å²) in [6.07, 6.45) is 6.07. The van der Waals surface area contributed by atoms with Crippen molar-refractivity contribution in [2.24, 2.45) is 5.92 Å². The number of nitrogens with one attached hydrogen (secondary N) is 3. The molecule has 316 valence electrons. The fourth-order valence-electron chi connectivity index (χ4n) is 8.77. The molecule has 4 heterocycles. The number of allylic oxidation sites excluding steroid dienone is 1. The summed E-state index contributed by atoms with van der Waals surface area (Å²) in [5.74, 6) is -2.52. The number of carbonyl (C=O) groups is 6. The first kappa shape index (κ1) is 41.7. The lowest BCUT2D eigenvalue weighted by atomic mass is 10.0. The lowest BCUT2D eigenvalue weighted by Crippen LogP contribution is -2.59. The van der Waals surface area contributed by atoms with Crippen molar-refractivity contribution < 1.29 is 42.6 Å². The summed E-state index contributed by atoms with van der Waals surface area (Å²) in [5.41, 5.74) is -0.168. The molecule has 2 aromatic carbocycles. The number of hydrogen-bond acceptors (Lipinski definition) is 8. The van der Waals surface area contributed by atoms with Crippen molar-refractivity contribution in [2.75, 3.05) is 13.1 Å². The molecule has 3 N–H and O–H groups in total. The van der Waals surface area contributed by atoms with Crippen LogP contribution in [0.1, 0.15) is 95.2 Å². The summed E-state index contributed by atoms with van der Waals surface area (Å²) >= 11 is 0. The van der Waals surface area contributed by atoms with E-state index in [1.165, 1.54) is 15.9 Å². The monoisotopic (exact) mass is 814 g/mol. The number of benzene rings is 2. The molecular formula is C44H55FN6O8. The first-order chi connectivity index (χ1) is 28.2. The van der Waals surface area contributed by atoms with Gasteiger partial charge in [0.25, 0.3) is 0 Å². The molecule has 0 unspecified atom stereocenters. The Hall–Kier alpha value is -5.47. The standard InChI is InChI=1S/C44H55FN6O8/c1-43(2,3)59-41(56)47-34-19-11-6-4-5-10-17-30-23-44(30,40(55)50-21-13-20-35(50)37(52)46-24-28-14-8-7-9-15-28)48-38(53)36-22-31(26-51(36)39(34)54)58-42(57)49-25-29-16-12-18-33(45)32(29)27-49/h7-10,12,14-18,30-31,34-36H,4-6,11,13,19-27H2,1-3H3,(H,46,52)(H,47,56)(H,48,53)/b17-10-/t30-,31+,34-,35+,36-,44+/m0/s1. The van der Waals surface area contributed by atoms with Crippen LogP contribution < -0.4 is 16.0 Å². The van der Waals surface area contributed by atoms with Crippen molar-refractivity contribution in [1.29, 1.82) is 0 Å². The van der Waals surface area contributed by atoms with Gasteiger partial charge < -0.3 is 35.2 Å². The molecule has 0 spiro atoms. The van der Waals surface area contributed by atoms with Gasteiger partial charge >= 0.3 is 12.2 Å². The number of carbonyl (C=O) groups excluding carboxylic acids is 6. The quantitative estimate of drug-likeness (QED) is 0.349. The Bertz CT molecular complexity index is 1970. The molecule has 2 saturated heterocycles. The van der Waals surface area contributed by atoms with Crippen LogP contribution >= 0.6 is 0 Å². The molecule has 6 atom stereocenters. The molecule has 0 radical (unpaired) electrons. The van der Waals surface area contributed by atoms with Crippen LogP contribution in [0, 0.1) is 11.7 Å². The van der Waals surface area contributed by atoms with E-state index in [0.29, 0.717) is 49.9 Å². The highest BCUT2D eigenvalue weighted by Crippen LogP contribution is 2.47. The van der Waals surface area contributed by atoms with E-state index in [0.717, 1.165) is 24.8 Å². The zero-order chi connectivity index (χ0) is 41.9. The van der Waals surface area contributed by atoms with Gasteiger partial charge in [0.15, 0.2) is 0 Å². The van der Waals surface area contributed by atoms with Crippen molar-refractivity contribution >= 4 is 35.8 Å². The van der Waals surface area contributed by atoms with E-state index in [9.17, 15) is 33.2 Å². The largest absolute Gasteiger partial charge is 0.444 e. The van der Waals surface area contributed by atoms with E-state index in [1.54, 1.807) is 37.8 Å². The predicted octanol–water partition coefficient (Wildman–Crippen LogP) is 4.84. The Morgan fingerprint density at radius 1 is 0.966 bits per heavy atom. The van der Waals surface area contributed by atoms with E-state index in [-0.39, 0.29) is 50.2 Å². The van der Waals surface area contributed by atoms with Gasteiger partial charge in [-0.3, -0.25) is 24.1 Å². The number of amides is 6. The molecule has 14 nitrogen and oxygen atoms in total. The van der Waals surface area contributed by atoms with Crippen LogP contribution in [0.4, 0.5) is 14.0 Å². The third-order valence-corrected chi connectivity index (χ3v) is 11.9. The fourth-order valence-corrected chi connectivity index (χ4v) is 8.77. The number of nitrogens with zero attached hydrogens (tertiary/aromatic N) is 3.